The molecule has 114 valence electrons. The van der Waals surface area contributed by atoms with Crippen LogP contribution in [0.2, 0.25) is 0 Å². The van der Waals surface area contributed by atoms with Crippen LogP contribution in [-0.2, 0) is 0 Å². The van der Waals surface area contributed by atoms with E-state index in [0.717, 1.165) is 40.9 Å². The molecule has 0 N–H and O–H groups in total. The lowest BCUT2D eigenvalue weighted by atomic mass is 10.1. The van der Waals surface area contributed by atoms with Crippen LogP contribution in [0, 0.1) is 13.8 Å². The first-order chi connectivity index (χ1) is 8.98. The van der Waals surface area contributed by atoms with Crippen molar-refractivity contribution in [2.45, 2.75) is 34.6 Å². The Balaban J connectivity index is 0.00000361. The first-order valence-electron chi connectivity index (χ1n) is 7.14. The number of rotatable bonds is 6. The van der Waals surface area contributed by atoms with E-state index in [9.17, 15) is 5.11 Å². The molecule has 1 aromatic carbocycles. The second kappa shape index (κ2) is 8.28. The standard InChI is InChI=1S/C16H26N2O.ClH/c1-6-18(7-2,8-3)12-15(19)17-16-13(4)10-9-11-14(16)5;/h9-11H,6-8,12H2,1-5H3;1H. The number of hydrogen-bond acceptors (Lipinski definition) is 2. The Kier molecular flexibility index (Phi) is 7.84. The second-order valence-corrected chi connectivity index (χ2v) is 5.19. The highest BCUT2D eigenvalue weighted by molar-refractivity contribution is 5.85. The lowest BCUT2D eigenvalue weighted by Gasteiger charge is -2.37. The molecule has 0 atom stereocenters. The molecular weight excluding hydrogens is 272 g/mol. The Morgan fingerprint density at radius 2 is 1.50 bits per heavy atom. The Bertz CT molecular complexity index is 425. The topological polar surface area (TPSA) is 35.4 Å². The van der Waals surface area contributed by atoms with Crippen molar-refractivity contribution in [2.75, 3.05) is 26.2 Å². The van der Waals surface area contributed by atoms with Gasteiger partial charge in [-0.25, -0.2) is 0 Å². The van der Waals surface area contributed by atoms with E-state index in [0.29, 0.717) is 6.54 Å². The summed E-state index contributed by atoms with van der Waals surface area (Å²) in [5, 5.41) is 12.2. The number of likely N-dealkylation sites (N-methyl/N-ethyl adjacent to an activating group) is 1. The third-order valence-electron chi connectivity index (χ3n) is 4.16. The monoisotopic (exact) mass is 298 g/mol. The molecule has 0 amide bonds. The molecule has 20 heavy (non-hydrogen) atoms. The van der Waals surface area contributed by atoms with Crippen LogP contribution in [0.4, 0.5) is 5.69 Å². The minimum Gasteiger partial charge on any atom is -0.858 e. The van der Waals surface area contributed by atoms with Crippen LogP contribution in [0.15, 0.2) is 23.2 Å². The molecule has 0 radical (unpaired) electrons. The van der Waals surface area contributed by atoms with Gasteiger partial charge in [0, 0.05) is 5.90 Å². The summed E-state index contributed by atoms with van der Waals surface area (Å²) in [6, 6.07) is 6.00. The number of para-hydroxylation sites is 1. The van der Waals surface area contributed by atoms with Crippen LogP contribution in [-0.4, -0.2) is 36.6 Å². The molecule has 0 heterocycles. The van der Waals surface area contributed by atoms with Crippen LogP contribution in [0.25, 0.3) is 0 Å². The SMILES string of the molecule is CC[N+](CC)(CC)CC([O-])=Nc1c(C)cccc1C.Cl. The van der Waals surface area contributed by atoms with Crippen molar-refractivity contribution >= 4 is 24.0 Å². The predicted molar refractivity (Wildman–Crippen MR) is 87.0 cm³/mol. The fraction of sp³-hybridized carbons (Fsp3) is 0.562. The summed E-state index contributed by atoms with van der Waals surface area (Å²) in [6.45, 7) is 13.8. The van der Waals surface area contributed by atoms with E-state index < -0.39 is 0 Å². The van der Waals surface area contributed by atoms with Crippen LogP contribution in [0.3, 0.4) is 0 Å². The van der Waals surface area contributed by atoms with Gasteiger partial charge in [0.25, 0.3) is 0 Å². The minimum absolute atomic E-state index is 0. The lowest BCUT2D eigenvalue weighted by Crippen LogP contribution is -2.53. The second-order valence-electron chi connectivity index (χ2n) is 5.19. The number of nitrogens with zero attached hydrogens (tertiary/aromatic N) is 2. The largest absolute Gasteiger partial charge is 0.858 e. The molecule has 0 fully saturated rings. The Morgan fingerprint density at radius 1 is 1.05 bits per heavy atom. The van der Waals surface area contributed by atoms with Gasteiger partial charge in [0.05, 0.1) is 25.3 Å². The molecule has 0 aliphatic carbocycles. The zero-order valence-electron chi connectivity index (χ0n) is 13.3. The van der Waals surface area contributed by atoms with Crippen LogP contribution in [0.1, 0.15) is 31.9 Å². The number of hydrogen-bond donors (Lipinski definition) is 0. The van der Waals surface area contributed by atoms with E-state index in [1.165, 1.54) is 0 Å². The summed E-state index contributed by atoms with van der Waals surface area (Å²) >= 11 is 0. The van der Waals surface area contributed by atoms with Gasteiger partial charge in [-0.1, -0.05) is 18.2 Å². The highest BCUT2D eigenvalue weighted by Gasteiger charge is 2.20. The summed E-state index contributed by atoms with van der Waals surface area (Å²) in [4.78, 5) is 4.33. The average Bonchev–Trinajstić information content (AvgIpc) is 2.41. The maximum absolute atomic E-state index is 12.2. The Morgan fingerprint density at radius 3 is 1.90 bits per heavy atom. The van der Waals surface area contributed by atoms with Crippen LogP contribution < -0.4 is 5.11 Å². The molecule has 3 nitrogen and oxygen atoms in total. The van der Waals surface area contributed by atoms with Gasteiger partial charge < -0.3 is 9.59 Å². The first kappa shape index (κ1) is 18.9. The lowest BCUT2D eigenvalue weighted by molar-refractivity contribution is -0.916. The fourth-order valence-corrected chi connectivity index (χ4v) is 2.44. The summed E-state index contributed by atoms with van der Waals surface area (Å²) in [7, 11) is 0. The van der Waals surface area contributed by atoms with Crippen molar-refractivity contribution in [2.24, 2.45) is 4.99 Å². The van der Waals surface area contributed by atoms with Crippen LogP contribution >= 0.6 is 12.4 Å². The van der Waals surface area contributed by atoms with E-state index in [1.807, 2.05) is 32.0 Å². The maximum atomic E-state index is 12.2. The fourth-order valence-electron chi connectivity index (χ4n) is 2.44. The molecule has 1 rings (SSSR count). The molecular formula is C16H27ClN2O. The highest BCUT2D eigenvalue weighted by Crippen LogP contribution is 2.23. The van der Waals surface area contributed by atoms with Gasteiger partial charge in [0.1, 0.15) is 6.54 Å². The van der Waals surface area contributed by atoms with E-state index in [2.05, 4.69) is 25.8 Å². The molecule has 1 aromatic rings. The average molecular weight is 299 g/mol. The molecule has 0 saturated carbocycles. The molecule has 0 spiro atoms. The van der Waals surface area contributed by atoms with Gasteiger partial charge >= 0.3 is 0 Å². The van der Waals surface area contributed by atoms with Gasteiger partial charge in [-0.15, -0.1) is 12.4 Å². The van der Waals surface area contributed by atoms with Gasteiger partial charge in [-0.3, -0.25) is 4.99 Å². The molecule has 0 aliphatic heterocycles. The summed E-state index contributed by atoms with van der Waals surface area (Å²) in [6.07, 6.45) is 0. The van der Waals surface area contributed by atoms with E-state index in [1.54, 1.807) is 0 Å². The number of halogens is 1. The zero-order valence-corrected chi connectivity index (χ0v) is 14.1. The maximum Gasteiger partial charge on any atom is 0.108 e. The number of quaternary nitrogens is 1. The van der Waals surface area contributed by atoms with Gasteiger partial charge in [-0.05, 0) is 45.7 Å². The Hall–Kier alpha value is -1.06. The smallest absolute Gasteiger partial charge is 0.108 e. The first-order valence-corrected chi connectivity index (χ1v) is 7.14. The van der Waals surface area contributed by atoms with Crippen molar-refractivity contribution in [3.8, 4) is 0 Å². The molecule has 4 heteroatoms. The summed E-state index contributed by atoms with van der Waals surface area (Å²) in [5.74, 6) is -0.0112. The van der Waals surface area contributed by atoms with Crippen molar-refractivity contribution in [3.05, 3.63) is 29.3 Å². The third kappa shape index (κ3) is 4.50. The van der Waals surface area contributed by atoms with Crippen molar-refractivity contribution in [1.82, 2.24) is 0 Å². The quantitative estimate of drug-likeness (QED) is 0.452. The van der Waals surface area contributed by atoms with Crippen molar-refractivity contribution in [1.29, 1.82) is 0 Å². The molecule has 0 bridgehead atoms. The van der Waals surface area contributed by atoms with Crippen molar-refractivity contribution < 1.29 is 9.59 Å². The van der Waals surface area contributed by atoms with Crippen molar-refractivity contribution in [3.63, 3.8) is 0 Å². The van der Waals surface area contributed by atoms with Crippen LogP contribution in [0.5, 0.6) is 0 Å². The van der Waals surface area contributed by atoms with E-state index in [4.69, 9.17) is 0 Å². The predicted octanol–water partition coefficient (Wildman–Crippen LogP) is 2.99. The number of aliphatic imine (C=N–C) groups is 1. The molecule has 0 saturated heterocycles. The van der Waals surface area contributed by atoms with Gasteiger partial charge in [0.2, 0.25) is 0 Å². The minimum atomic E-state index is -0.0112. The van der Waals surface area contributed by atoms with E-state index in [-0.39, 0.29) is 18.3 Å². The highest BCUT2D eigenvalue weighted by atomic mass is 35.5. The summed E-state index contributed by atoms with van der Waals surface area (Å²) in [5.41, 5.74) is 2.97. The molecule has 0 aromatic heterocycles. The molecule has 0 unspecified atom stereocenters. The molecule has 0 aliphatic rings. The van der Waals surface area contributed by atoms with E-state index >= 15 is 0 Å². The zero-order chi connectivity index (χ0) is 14.5. The summed E-state index contributed by atoms with van der Waals surface area (Å²) < 4.78 is 0.813. The normalized spacial score (nSPS) is 12.2. The third-order valence-corrected chi connectivity index (χ3v) is 4.16. The van der Waals surface area contributed by atoms with Gasteiger partial charge in [-0.2, -0.15) is 0 Å². The van der Waals surface area contributed by atoms with Gasteiger partial charge in [0.15, 0.2) is 0 Å². The number of benzene rings is 1. The number of aryl methyl sites for hydroxylation is 2. The Labute approximate surface area is 129 Å².